The minimum absolute atomic E-state index is 0.0295. The predicted octanol–water partition coefficient (Wildman–Crippen LogP) is 1.38. The molecule has 0 aliphatic heterocycles. The minimum Gasteiger partial charge on any atom is -0.382 e. The highest BCUT2D eigenvalue weighted by Crippen LogP contribution is 2.16. The number of hydrogen-bond donors (Lipinski definition) is 2. The van der Waals surface area contributed by atoms with Crippen molar-refractivity contribution in [2.45, 2.75) is 12.5 Å². The fraction of sp³-hybridized carbons (Fsp3) is 0.500. The van der Waals surface area contributed by atoms with Crippen molar-refractivity contribution in [2.24, 2.45) is 5.84 Å². The zero-order chi connectivity index (χ0) is 12.5. The Bertz CT molecular complexity index is 306. The summed E-state index contributed by atoms with van der Waals surface area (Å²) in [5.74, 6) is 5.21. The number of rotatable bonds is 8. The van der Waals surface area contributed by atoms with Gasteiger partial charge in [0.25, 0.3) is 0 Å². The van der Waals surface area contributed by atoms with Gasteiger partial charge in [0.2, 0.25) is 0 Å². The van der Waals surface area contributed by atoms with Crippen LogP contribution in [-0.2, 0) is 9.47 Å². The molecule has 96 valence electrons. The largest absolute Gasteiger partial charge is 0.382 e. The molecule has 1 atom stereocenters. The van der Waals surface area contributed by atoms with Gasteiger partial charge >= 0.3 is 0 Å². The van der Waals surface area contributed by atoms with E-state index in [9.17, 15) is 4.39 Å². The molecule has 0 radical (unpaired) electrons. The smallest absolute Gasteiger partial charge is 0.123 e. The number of hydrazine groups is 1. The van der Waals surface area contributed by atoms with Gasteiger partial charge in [-0.25, -0.2) is 4.39 Å². The monoisotopic (exact) mass is 242 g/mol. The minimum atomic E-state index is -0.249. The Balaban J connectivity index is 2.35. The van der Waals surface area contributed by atoms with Crippen molar-refractivity contribution in [3.05, 3.63) is 35.6 Å². The van der Waals surface area contributed by atoms with E-state index in [4.69, 9.17) is 15.3 Å². The van der Waals surface area contributed by atoms with E-state index in [2.05, 4.69) is 5.43 Å². The molecule has 1 unspecified atom stereocenters. The highest BCUT2D eigenvalue weighted by molar-refractivity contribution is 5.19. The molecule has 0 aromatic heterocycles. The number of methoxy groups -OCH3 is 1. The lowest BCUT2D eigenvalue weighted by Gasteiger charge is -2.16. The van der Waals surface area contributed by atoms with Gasteiger partial charge in [0.05, 0.1) is 13.2 Å². The van der Waals surface area contributed by atoms with Crippen molar-refractivity contribution in [2.75, 3.05) is 26.9 Å². The summed E-state index contributed by atoms with van der Waals surface area (Å²) in [7, 11) is 1.63. The Morgan fingerprint density at radius 1 is 1.24 bits per heavy atom. The van der Waals surface area contributed by atoms with Crippen LogP contribution in [0.15, 0.2) is 24.3 Å². The Kier molecular flexibility index (Phi) is 6.73. The molecule has 1 rings (SSSR count). The van der Waals surface area contributed by atoms with Crippen LogP contribution in [-0.4, -0.2) is 26.9 Å². The molecule has 0 saturated carbocycles. The summed E-state index contributed by atoms with van der Waals surface area (Å²) in [5, 5.41) is 0. The average Bonchev–Trinajstić information content (AvgIpc) is 2.35. The molecule has 0 spiro atoms. The Hall–Kier alpha value is -1.01. The maximum absolute atomic E-state index is 12.8. The zero-order valence-electron chi connectivity index (χ0n) is 9.99. The molecule has 4 nitrogen and oxygen atoms in total. The van der Waals surface area contributed by atoms with Gasteiger partial charge in [-0.2, -0.15) is 0 Å². The SMILES string of the molecule is COCCOCCC(NN)c1ccc(F)cc1. The molecular formula is C12H19FN2O2. The predicted molar refractivity (Wildman–Crippen MR) is 63.8 cm³/mol. The number of ether oxygens (including phenoxy) is 2. The molecule has 0 aliphatic rings. The molecule has 5 heteroatoms. The van der Waals surface area contributed by atoms with E-state index >= 15 is 0 Å². The number of nitrogens with two attached hydrogens (primary N) is 1. The summed E-state index contributed by atoms with van der Waals surface area (Å²) >= 11 is 0. The van der Waals surface area contributed by atoms with Crippen LogP contribution in [0.2, 0.25) is 0 Å². The van der Waals surface area contributed by atoms with Crippen molar-refractivity contribution >= 4 is 0 Å². The van der Waals surface area contributed by atoms with Gasteiger partial charge < -0.3 is 9.47 Å². The summed E-state index contributed by atoms with van der Waals surface area (Å²) in [6, 6.07) is 6.25. The van der Waals surface area contributed by atoms with E-state index in [1.807, 2.05) is 0 Å². The molecule has 0 aliphatic carbocycles. The summed E-state index contributed by atoms with van der Waals surface area (Å²) in [6.45, 7) is 1.73. The Morgan fingerprint density at radius 3 is 2.53 bits per heavy atom. The van der Waals surface area contributed by atoms with Gasteiger partial charge in [0.1, 0.15) is 5.82 Å². The first-order chi connectivity index (χ1) is 8.27. The van der Waals surface area contributed by atoms with Gasteiger partial charge in [-0.15, -0.1) is 0 Å². The van der Waals surface area contributed by atoms with Gasteiger partial charge in [0.15, 0.2) is 0 Å². The van der Waals surface area contributed by atoms with Crippen molar-refractivity contribution in [1.82, 2.24) is 5.43 Å². The maximum Gasteiger partial charge on any atom is 0.123 e. The molecule has 0 saturated heterocycles. The third-order valence-corrected chi connectivity index (χ3v) is 2.46. The number of halogens is 1. The third kappa shape index (κ3) is 5.23. The summed E-state index contributed by atoms with van der Waals surface area (Å²) < 4.78 is 23.0. The lowest BCUT2D eigenvalue weighted by molar-refractivity contribution is 0.0657. The second-order valence-corrected chi connectivity index (χ2v) is 3.66. The zero-order valence-corrected chi connectivity index (χ0v) is 9.99. The topological polar surface area (TPSA) is 56.5 Å². The first-order valence-electron chi connectivity index (χ1n) is 5.56. The number of benzene rings is 1. The number of hydrogen-bond acceptors (Lipinski definition) is 4. The van der Waals surface area contributed by atoms with E-state index in [0.717, 1.165) is 12.0 Å². The van der Waals surface area contributed by atoms with Crippen LogP contribution in [0.3, 0.4) is 0 Å². The van der Waals surface area contributed by atoms with Gasteiger partial charge in [-0.1, -0.05) is 12.1 Å². The van der Waals surface area contributed by atoms with E-state index in [0.29, 0.717) is 19.8 Å². The fourth-order valence-corrected chi connectivity index (χ4v) is 1.49. The third-order valence-electron chi connectivity index (χ3n) is 2.46. The fourth-order valence-electron chi connectivity index (χ4n) is 1.49. The molecule has 17 heavy (non-hydrogen) atoms. The molecule has 0 amide bonds. The van der Waals surface area contributed by atoms with Crippen LogP contribution in [0.25, 0.3) is 0 Å². The van der Waals surface area contributed by atoms with E-state index in [1.54, 1.807) is 19.2 Å². The Morgan fingerprint density at radius 2 is 1.94 bits per heavy atom. The number of nitrogens with one attached hydrogen (secondary N) is 1. The summed E-state index contributed by atoms with van der Waals surface area (Å²) in [4.78, 5) is 0. The van der Waals surface area contributed by atoms with Crippen molar-refractivity contribution in [3.8, 4) is 0 Å². The van der Waals surface area contributed by atoms with Crippen molar-refractivity contribution in [3.63, 3.8) is 0 Å². The van der Waals surface area contributed by atoms with Gasteiger partial charge in [-0.05, 0) is 24.1 Å². The molecule has 0 heterocycles. The molecule has 3 N–H and O–H groups in total. The van der Waals surface area contributed by atoms with Crippen LogP contribution in [0, 0.1) is 5.82 Å². The van der Waals surface area contributed by atoms with Gasteiger partial charge in [0, 0.05) is 19.8 Å². The van der Waals surface area contributed by atoms with E-state index in [-0.39, 0.29) is 11.9 Å². The highest BCUT2D eigenvalue weighted by atomic mass is 19.1. The highest BCUT2D eigenvalue weighted by Gasteiger charge is 2.09. The second-order valence-electron chi connectivity index (χ2n) is 3.66. The van der Waals surface area contributed by atoms with Crippen molar-refractivity contribution in [1.29, 1.82) is 0 Å². The summed E-state index contributed by atoms with van der Waals surface area (Å²) in [6.07, 6.45) is 0.728. The molecule has 0 fully saturated rings. The molecule has 0 bridgehead atoms. The second kappa shape index (κ2) is 8.14. The summed E-state index contributed by atoms with van der Waals surface area (Å²) in [5.41, 5.74) is 3.64. The average molecular weight is 242 g/mol. The van der Waals surface area contributed by atoms with Crippen molar-refractivity contribution < 1.29 is 13.9 Å². The first-order valence-corrected chi connectivity index (χ1v) is 5.56. The van der Waals surface area contributed by atoms with Crippen LogP contribution in [0.4, 0.5) is 4.39 Å². The quantitative estimate of drug-likeness (QED) is 0.411. The van der Waals surface area contributed by atoms with Crippen LogP contribution < -0.4 is 11.3 Å². The standard InChI is InChI=1S/C12H19FN2O2/c1-16-8-9-17-7-6-12(15-14)10-2-4-11(13)5-3-10/h2-5,12,15H,6-9,14H2,1H3. The van der Waals surface area contributed by atoms with Crippen LogP contribution >= 0.6 is 0 Å². The van der Waals surface area contributed by atoms with Gasteiger partial charge in [-0.3, -0.25) is 11.3 Å². The lowest BCUT2D eigenvalue weighted by atomic mass is 10.1. The van der Waals surface area contributed by atoms with E-state index < -0.39 is 0 Å². The van der Waals surface area contributed by atoms with Crippen LogP contribution in [0.1, 0.15) is 18.0 Å². The lowest BCUT2D eigenvalue weighted by Crippen LogP contribution is -2.29. The first kappa shape index (κ1) is 14.1. The Labute approximate surface area is 101 Å². The molecule has 1 aromatic carbocycles. The molecular weight excluding hydrogens is 223 g/mol. The van der Waals surface area contributed by atoms with E-state index in [1.165, 1.54) is 12.1 Å². The normalized spacial score (nSPS) is 12.6. The maximum atomic E-state index is 12.8. The van der Waals surface area contributed by atoms with Crippen LogP contribution in [0.5, 0.6) is 0 Å². The molecule has 1 aromatic rings.